The molecule has 0 radical (unpaired) electrons. The molecule has 0 saturated carbocycles. The fraction of sp³-hybridized carbons (Fsp3) is 1.00. The van der Waals surface area contributed by atoms with Crippen LogP contribution in [0.25, 0.3) is 0 Å². The fourth-order valence-electron chi connectivity index (χ4n) is 2.96. The van der Waals surface area contributed by atoms with Crippen LogP contribution in [-0.4, -0.2) is 42.3 Å². The molecule has 0 spiro atoms. The number of ether oxygens (including phenoxy) is 1. The minimum Gasteiger partial charge on any atom is -0.367 e. The van der Waals surface area contributed by atoms with Crippen LogP contribution in [0.3, 0.4) is 0 Å². The summed E-state index contributed by atoms with van der Waals surface area (Å²) >= 11 is 0. The Kier molecular flexibility index (Phi) is 4.99. The lowest BCUT2D eigenvalue weighted by Gasteiger charge is -2.47. The molecule has 0 aromatic carbocycles. The molecule has 0 aromatic heterocycles. The Morgan fingerprint density at radius 3 is 2.12 bits per heavy atom. The second-order valence-corrected chi connectivity index (χ2v) is 6.63. The first-order valence-corrected chi connectivity index (χ1v) is 6.90. The first-order chi connectivity index (χ1) is 7.78. The van der Waals surface area contributed by atoms with Gasteiger partial charge in [0.05, 0.1) is 11.2 Å². The number of morpholine rings is 1. The van der Waals surface area contributed by atoms with Gasteiger partial charge < -0.3 is 10.5 Å². The molecule has 1 aliphatic rings. The van der Waals surface area contributed by atoms with Crippen molar-refractivity contribution < 1.29 is 4.74 Å². The van der Waals surface area contributed by atoms with Crippen molar-refractivity contribution in [1.82, 2.24) is 4.90 Å². The van der Waals surface area contributed by atoms with Gasteiger partial charge in [0.1, 0.15) is 0 Å². The van der Waals surface area contributed by atoms with Gasteiger partial charge in [0, 0.05) is 13.1 Å². The van der Waals surface area contributed by atoms with Crippen LogP contribution < -0.4 is 5.73 Å². The smallest absolute Gasteiger partial charge is 0.0760 e. The summed E-state index contributed by atoms with van der Waals surface area (Å²) in [6.45, 7) is 15.0. The topological polar surface area (TPSA) is 38.5 Å². The highest BCUT2D eigenvalue weighted by molar-refractivity contribution is 4.89. The standard InChI is InChI=1S/C14H30N2O/c1-6-12(9-15)7-8-16-10-13(2,3)17-14(4,5)11-16/h12H,6-11,15H2,1-5H3. The Balaban J connectivity index is 2.48. The van der Waals surface area contributed by atoms with Gasteiger partial charge in [-0.2, -0.15) is 0 Å². The van der Waals surface area contributed by atoms with E-state index in [2.05, 4.69) is 39.5 Å². The molecule has 0 bridgehead atoms. The quantitative estimate of drug-likeness (QED) is 0.803. The zero-order valence-electron chi connectivity index (χ0n) is 12.3. The SMILES string of the molecule is CCC(CN)CCN1CC(C)(C)OC(C)(C)C1. The highest BCUT2D eigenvalue weighted by atomic mass is 16.5. The molecule has 102 valence electrons. The molecule has 1 fully saturated rings. The average Bonchev–Trinajstić information content (AvgIpc) is 2.14. The minimum absolute atomic E-state index is 0.0355. The molecule has 1 atom stereocenters. The summed E-state index contributed by atoms with van der Waals surface area (Å²) in [6, 6.07) is 0. The lowest BCUT2D eigenvalue weighted by Crippen LogP contribution is -2.57. The molecule has 0 aromatic rings. The summed E-state index contributed by atoms with van der Waals surface area (Å²) in [4.78, 5) is 2.53. The van der Waals surface area contributed by atoms with Crippen molar-refractivity contribution in [1.29, 1.82) is 0 Å². The van der Waals surface area contributed by atoms with Crippen LogP contribution >= 0.6 is 0 Å². The van der Waals surface area contributed by atoms with Gasteiger partial charge in [0.2, 0.25) is 0 Å². The third-order valence-corrected chi connectivity index (χ3v) is 3.53. The number of nitrogens with two attached hydrogens (primary N) is 1. The average molecular weight is 242 g/mol. The van der Waals surface area contributed by atoms with E-state index in [9.17, 15) is 0 Å². The lowest BCUT2D eigenvalue weighted by atomic mass is 9.97. The number of hydrogen-bond acceptors (Lipinski definition) is 3. The summed E-state index contributed by atoms with van der Waals surface area (Å²) in [6.07, 6.45) is 2.40. The highest BCUT2D eigenvalue weighted by Crippen LogP contribution is 2.28. The van der Waals surface area contributed by atoms with Crippen molar-refractivity contribution in [3.63, 3.8) is 0 Å². The van der Waals surface area contributed by atoms with Crippen molar-refractivity contribution in [2.75, 3.05) is 26.2 Å². The Bertz CT molecular complexity index is 218. The van der Waals surface area contributed by atoms with Crippen molar-refractivity contribution in [2.45, 2.75) is 58.7 Å². The van der Waals surface area contributed by atoms with Crippen molar-refractivity contribution in [2.24, 2.45) is 11.7 Å². The first-order valence-electron chi connectivity index (χ1n) is 6.90. The maximum atomic E-state index is 6.08. The maximum Gasteiger partial charge on any atom is 0.0760 e. The van der Waals surface area contributed by atoms with Crippen LogP contribution in [0.4, 0.5) is 0 Å². The van der Waals surface area contributed by atoms with Gasteiger partial charge in [-0.15, -0.1) is 0 Å². The predicted octanol–water partition coefficient (Wildman–Crippen LogP) is 2.25. The molecular weight excluding hydrogens is 212 g/mol. The molecule has 1 rings (SSSR count). The van der Waals surface area contributed by atoms with Gasteiger partial charge in [-0.1, -0.05) is 13.3 Å². The largest absolute Gasteiger partial charge is 0.367 e. The van der Waals surface area contributed by atoms with Gasteiger partial charge in [0.25, 0.3) is 0 Å². The molecule has 3 heteroatoms. The normalized spacial score (nSPS) is 25.8. The molecule has 1 saturated heterocycles. The number of nitrogens with zero attached hydrogens (tertiary/aromatic N) is 1. The molecule has 1 heterocycles. The first kappa shape index (κ1) is 14.9. The molecule has 1 aliphatic heterocycles. The Morgan fingerprint density at radius 2 is 1.71 bits per heavy atom. The van der Waals surface area contributed by atoms with E-state index in [0.717, 1.165) is 26.2 Å². The second-order valence-electron chi connectivity index (χ2n) is 6.63. The molecule has 0 amide bonds. The zero-order valence-corrected chi connectivity index (χ0v) is 12.3. The summed E-state index contributed by atoms with van der Waals surface area (Å²) in [5.74, 6) is 0.670. The molecule has 0 aliphatic carbocycles. The van der Waals surface area contributed by atoms with Crippen molar-refractivity contribution in [3.8, 4) is 0 Å². The third-order valence-electron chi connectivity index (χ3n) is 3.53. The molecule has 1 unspecified atom stereocenters. The van der Waals surface area contributed by atoms with Crippen LogP contribution in [0, 0.1) is 5.92 Å². The molecular formula is C14H30N2O. The van der Waals surface area contributed by atoms with Gasteiger partial charge in [0.15, 0.2) is 0 Å². The summed E-state index contributed by atoms with van der Waals surface area (Å²) in [5.41, 5.74) is 5.69. The van der Waals surface area contributed by atoms with E-state index in [1.165, 1.54) is 12.8 Å². The van der Waals surface area contributed by atoms with Gasteiger partial charge >= 0.3 is 0 Å². The zero-order chi connectivity index (χ0) is 13.1. The summed E-state index contributed by atoms with van der Waals surface area (Å²) in [5, 5.41) is 0. The van der Waals surface area contributed by atoms with E-state index < -0.39 is 0 Å². The Morgan fingerprint density at radius 1 is 1.18 bits per heavy atom. The van der Waals surface area contributed by atoms with Crippen LogP contribution in [0.15, 0.2) is 0 Å². The maximum absolute atomic E-state index is 6.08. The molecule has 3 nitrogen and oxygen atoms in total. The van der Waals surface area contributed by atoms with Gasteiger partial charge in [-0.3, -0.25) is 4.90 Å². The van der Waals surface area contributed by atoms with Gasteiger partial charge in [-0.05, 0) is 53.1 Å². The van der Waals surface area contributed by atoms with Crippen LogP contribution in [0.5, 0.6) is 0 Å². The Labute approximate surface area is 107 Å². The van der Waals surface area contributed by atoms with Crippen LogP contribution in [0.1, 0.15) is 47.5 Å². The van der Waals surface area contributed by atoms with Crippen molar-refractivity contribution >= 4 is 0 Å². The van der Waals surface area contributed by atoms with E-state index in [4.69, 9.17) is 10.5 Å². The van der Waals surface area contributed by atoms with Crippen LogP contribution in [-0.2, 0) is 4.74 Å². The number of hydrogen-bond donors (Lipinski definition) is 1. The monoisotopic (exact) mass is 242 g/mol. The second kappa shape index (κ2) is 5.68. The number of rotatable bonds is 5. The van der Waals surface area contributed by atoms with E-state index in [1.54, 1.807) is 0 Å². The minimum atomic E-state index is -0.0355. The van der Waals surface area contributed by atoms with Crippen LogP contribution in [0.2, 0.25) is 0 Å². The van der Waals surface area contributed by atoms with E-state index >= 15 is 0 Å². The third kappa shape index (κ3) is 4.94. The Hall–Kier alpha value is -0.120. The fourth-order valence-corrected chi connectivity index (χ4v) is 2.96. The van der Waals surface area contributed by atoms with Crippen molar-refractivity contribution in [3.05, 3.63) is 0 Å². The van der Waals surface area contributed by atoms with E-state index in [-0.39, 0.29) is 11.2 Å². The van der Waals surface area contributed by atoms with Gasteiger partial charge in [-0.25, -0.2) is 0 Å². The lowest BCUT2D eigenvalue weighted by molar-refractivity contribution is -0.180. The summed E-state index contributed by atoms with van der Waals surface area (Å²) < 4.78 is 6.08. The molecule has 2 N–H and O–H groups in total. The highest BCUT2D eigenvalue weighted by Gasteiger charge is 2.37. The molecule has 17 heavy (non-hydrogen) atoms. The summed E-state index contributed by atoms with van der Waals surface area (Å²) in [7, 11) is 0. The predicted molar refractivity (Wildman–Crippen MR) is 73.1 cm³/mol. The van der Waals surface area contributed by atoms with E-state index in [1.807, 2.05) is 0 Å². The van der Waals surface area contributed by atoms with E-state index in [0.29, 0.717) is 5.92 Å².